The van der Waals surface area contributed by atoms with Gasteiger partial charge in [-0.05, 0) is 25.1 Å². The van der Waals surface area contributed by atoms with Crippen LogP contribution in [0.3, 0.4) is 0 Å². The number of aryl methyl sites for hydroxylation is 1. The standard InChI is InChI=1S/C13H13N5/c1-9-16-12(15)7-13(17-9)18(2)11-5-3-4-10(6-11)8-14/h3-7H,1-2H3,(H2,15,16,17). The summed E-state index contributed by atoms with van der Waals surface area (Å²) in [5.74, 6) is 1.75. The largest absolute Gasteiger partial charge is 0.384 e. The maximum atomic E-state index is 8.89. The number of nitrogen functional groups attached to an aromatic ring is 1. The van der Waals surface area contributed by atoms with Gasteiger partial charge in [-0.3, -0.25) is 0 Å². The van der Waals surface area contributed by atoms with Crippen molar-refractivity contribution in [3.63, 3.8) is 0 Å². The number of aromatic nitrogens is 2. The van der Waals surface area contributed by atoms with Crippen molar-refractivity contribution < 1.29 is 0 Å². The zero-order valence-corrected chi connectivity index (χ0v) is 10.3. The van der Waals surface area contributed by atoms with Crippen molar-refractivity contribution in [1.82, 2.24) is 9.97 Å². The summed E-state index contributed by atoms with van der Waals surface area (Å²) in [5.41, 5.74) is 7.19. The van der Waals surface area contributed by atoms with Gasteiger partial charge in [-0.2, -0.15) is 5.26 Å². The second-order valence-corrected chi connectivity index (χ2v) is 3.92. The first-order chi connectivity index (χ1) is 8.60. The number of hydrogen-bond acceptors (Lipinski definition) is 5. The first-order valence-electron chi connectivity index (χ1n) is 5.45. The third-order valence-corrected chi connectivity index (χ3v) is 2.55. The van der Waals surface area contributed by atoms with Gasteiger partial charge in [0.2, 0.25) is 0 Å². The minimum absolute atomic E-state index is 0.431. The fourth-order valence-electron chi connectivity index (χ4n) is 1.66. The van der Waals surface area contributed by atoms with E-state index in [4.69, 9.17) is 11.0 Å². The molecule has 1 heterocycles. The quantitative estimate of drug-likeness (QED) is 0.867. The first kappa shape index (κ1) is 11.9. The van der Waals surface area contributed by atoms with Crippen LogP contribution in [0.5, 0.6) is 0 Å². The maximum absolute atomic E-state index is 8.89. The molecule has 1 aromatic carbocycles. The van der Waals surface area contributed by atoms with Crippen molar-refractivity contribution >= 4 is 17.3 Å². The minimum Gasteiger partial charge on any atom is -0.384 e. The average molecular weight is 239 g/mol. The molecule has 5 nitrogen and oxygen atoms in total. The van der Waals surface area contributed by atoms with E-state index in [1.807, 2.05) is 24.1 Å². The maximum Gasteiger partial charge on any atom is 0.138 e. The van der Waals surface area contributed by atoms with E-state index in [2.05, 4.69) is 16.0 Å². The van der Waals surface area contributed by atoms with Gasteiger partial charge in [-0.1, -0.05) is 6.07 Å². The minimum atomic E-state index is 0.431. The van der Waals surface area contributed by atoms with Crippen LogP contribution in [-0.4, -0.2) is 17.0 Å². The van der Waals surface area contributed by atoms with Crippen LogP contribution in [0, 0.1) is 18.3 Å². The molecule has 0 radical (unpaired) electrons. The van der Waals surface area contributed by atoms with Crippen molar-refractivity contribution in [2.24, 2.45) is 0 Å². The molecule has 2 rings (SSSR count). The summed E-state index contributed by atoms with van der Waals surface area (Å²) < 4.78 is 0. The summed E-state index contributed by atoms with van der Waals surface area (Å²) in [4.78, 5) is 10.2. The van der Waals surface area contributed by atoms with E-state index in [-0.39, 0.29) is 0 Å². The predicted molar refractivity (Wildman–Crippen MR) is 70.4 cm³/mol. The van der Waals surface area contributed by atoms with Crippen molar-refractivity contribution in [3.8, 4) is 6.07 Å². The molecule has 0 bridgehead atoms. The molecule has 1 aromatic heterocycles. The third kappa shape index (κ3) is 2.38. The Kier molecular flexibility index (Phi) is 3.11. The molecule has 0 aliphatic rings. The van der Waals surface area contributed by atoms with Crippen molar-refractivity contribution in [2.75, 3.05) is 17.7 Å². The lowest BCUT2D eigenvalue weighted by Gasteiger charge is -2.19. The van der Waals surface area contributed by atoms with Crippen LogP contribution < -0.4 is 10.6 Å². The van der Waals surface area contributed by atoms with E-state index in [1.54, 1.807) is 25.1 Å². The lowest BCUT2D eigenvalue weighted by atomic mass is 10.2. The van der Waals surface area contributed by atoms with Gasteiger partial charge in [0.25, 0.3) is 0 Å². The molecule has 5 heteroatoms. The van der Waals surface area contributed by atoms with E-state index < -0.39 is 0 Å². The smallest absolute Gasteiger partial charge is 0.138 e. The normalized spacial score (nSPS) is 9.83. The Morgan fingerprint density at radius 2 is 2.06 bits per heavy atom. The Balaban J connectivity index is 2.41. The molecule has 90 valence electrons. The summed E-state index contributed by atoms with van der Waals surface area (Å²) in [7, 11) is 1.87. The van der Waals surface area contributed by atoms with E-state index in [9.17, 15) is 0 Å². The zero-order valence-electron chi connectivity index (χ0n) is 10.3. The van der Waals surface area contributed by atoms with Gasteiger partial charge < -0.3 is 10.6 Å². The van der Waals surface area contributed by atoms with Gasteiger partial charge in [-0.15, -0.1) is 0 Å². The van der Waals surface area contributed by atoms with E-state index in [0.717, 1.165) is 5.69 Å². The molecular formula is C13H13N5. The summed E-state index contributed by atoms with van der Waals surface area (Å²) in [5, 5.41) is 8.89. The highest BCUT2D eigenvalue weighted by molar-refractivity contribution is 5.62. The highest BCUT2D eigenvalue weighted by Crippen LogP contribution is 2.23. The van der Waals surface area contributed by atoms with Gasteiger partial charge in [0, 0.05) is 18.8 Å². The fourth-order valence-corrected chi connectivity index (χ4v) is 1.66. The molecule has 2 aromatic rings. The van der Waals surface area contributed by atoms with Crippen molar-refractivity contribution in [1.29, 1.82) is 5.26 Å². The molecule has 0 spiro atoms. The highest BCUT2D eigenvalue weighted by Gasteiger charge is 2.08. The first-order valence-corrected chi connectivity index (χ1v) is 5.45. The Morgan fingerprint density at radius 1 is 1.28 bits per heavy atom. The van der Waals surface area contributed by atoms with Crippen LogP contribution in [0.15, 0.2) is 30.3 Å². The van der Waals surface area contributed by atoms with Crippen LogP contribution in [0.2, 0.25) is 0 Å². The fraction of sp³-hybridized carbons (Fsp3) is 0.154. The number of nitriles is 1. The number of nitrogens with zero attached hydrogens (tertiary/aromatic N) is 4. The van der Waals surface area contributed by atoms with Crippen LogP contribution in [0.1, 0.15) is 11.4 Å². The van der Waals surface area contributed by atoms with E-state index in [0.29, 0.717) is 23.0 Å². The number of nitrogens with two attached hydrogens (primary N) is 1. The molecule has 0 saturated heterocycles. The summed E-state index contributed by atoms with van der Waals surface area (Å²) in [6.45, 7) is 1.79. The monoisotopic (exact) mass is 239 g/mol. The molecule has 0 amide bonds. The Labute approximate surface area is 106 Å². The summed E-state index contributed by atoms with van der Waals surface area (Å²) in [6.07, 6.45) is 0. The number of anilines is 3. The number of benzene rings is 1. The molecule has 0 fully saturated rings. The van der Waals surface area contributed by atoms with Gasteiger partial charge >= 0.3 is 0 Å². The van der Waals surface area contributed by atoms with Crippen molar-refractivity contribution in [3.05, 3.63) is 41.7 Å². The van der Waals surface area contributed by atoms with Crippen LogP contribution in [0.25, 0.3) is 0 Å². The van der Waals surface area contributed by atoms with Crippen LogP contribution in [-0.2, 0) is 0 Å². The average Bonchev–Trinajstić information content (AvgIpc) is 2.37. The van der Waals surface area contributed by atoms with Gasteiger partial charge in [0.1, 0.15) is 17.5 Å². The van der Waals surface area contributed by atoms with Gasteiger partial charge in [0.05, 0.1) is 11.6 Å². The Morgan fingerprint density at radius 3 is 2.72 bits per heavy atom. The van der Waals surface area contributed by atoms with Crippen LogP contribution in [0.4, 0.5) is 17.3 Å². The SMILES string of the molecule is Cc1nc(N)cc(N(C)c2cccc(C#N)c2)n1. The number of hydrogen-bond donors (Lipinski definition) is 1. The lowest BCUT2D eigenvalue weighted by Crippen LogP contribution is -2.13. The molecule has 0 aliphatic carbocycles. The molecule has 0 atom stereocenters. The summed E-state index contributed by atoms with van der Waals surface area (Å²) in [6, 6.07) is 11.1. The van der Waals surface area contributed by atoms with Crippen molar-refractivity contribution in [2.45, 2.75) is 6.92 Å². The lowest BCUT2D eigenvalue weighted by molar-refractivity contribution is 1.02. The Hall–Kier alpha value is -2.61. The second kappa shape index (κ2) is 4.72. The van der Waals surface area contributed by atoms with E-state index >= 15 is 0 Å². The van der Waals surface area contributed by atoms with E-state index in [1.165, 1.54) is 0 Å². The zero-order chi connectivity index (χ0) is 13.1. The third-order valence-electron chi connectivity index (χ3n) is 2.55. The number of rotatable bonds is 2. The molecule has 18 heavy (non-hydrogen) atoms. The highest BCUT2D eigenvalue weighted by atomic mass is 15.2. The molecule has 0 saturated carbocycles. The van der Waals surface area contributed by atoms with Gasteiger partial charge in [-0.25, -0.2) is 9.97 Å². The Bertz CT molecular complexity index is 595. The molecule has 0 aliphatic heterocycles. The molecule has 2 N–H and O–H groups in total. The topological polar surface area (TPSA) is 78.8 Å². The molecular weight excluding hydrogens is 226 g/mol. The molecule has 0 unspecified atom stereocenters. The second-order valence-electron chi connectivity index (χ2n) is 3.92. The summed E-state index contributed by atoms with van der Waals surface area (Å²) >= 11 is 0. The van der Waals surface area contributed by atoms with Crippen LogP contribution >= 0.6 is 0 Å². The van der Waals surface area contributed by atoms with Gasteiger partial charge in [0.15, 0.2) is 0 Å². The predicted octanol–water partition coefficient (Wildman–Crippen LogP) is 2.01.